The average molecular weight is 466 g/mol. The van der Waals surface area contributed by atoms with Crippen molar-refractivity contribution in [2.24, 2.45) is 0 Å². The molecule has 1 amide bonds. The molecule has 30 heavy (non-hydrogen) atoms. The lowest BCUT2D eigenvalue weighted by atomic mass is 10.1. The van der Waals surface area contributed by atoms with Crippen molar-refractivity contribution in [3.05, 3.63) is 58.6 Å². The molecular formula is C23H25Cl2NO3S. The van der Waals surface area contributed by atoms with E-state index in [1.54, 1.807) is 11.0 Å². The highest BCUT2D eigenvalue weighted by Crippen LogP contribution is 2.43. The number of carbonyl (C=O) groups is 1. The molecule has 2 aromatic carbocycles. The second-order valence-electron chi connectivity index (χ2n) is 6.87. The van der Waals surface area contributed by atoms with Gasteiger partial charge in [0.05, 0.1) is 34.8 Å². The molecule has 1 fully saturated rings. The van der Waals surface area contributed by atoms with E-state index < -0.39 is 0 Å². The largest absolute Gasteiger partial charge is 0.492 e. The highest BCUT2D eigenvalue weighted by atomic mass is 35.5. The van der Waals surface area contributed by atoms with Crippen LogP contribution in [0.5, 0.6) is 5.75 Å². The number of benzene rings is 2. The number of ether oxygens (including phenoxy) is 2. The third kappa shape index (κ3) is 5.52. The van der Waals surface area contributed by atoms with Gasteiger partial charge in [0, 0.05) is 29.1 Å². The number of unbranched alkanes of at least 4 members (excludes halogenated alkanes) is 1. The molecule has 2 aromatic rings. The van der Waals surface area contributed by atoms with Crippen LogP contribution in [-0.2, 0) is 9.53 Å². The number of halogens is 2. The van der Waals surface area contributed by atoms with Crippen LogP contribution >= 0.6 is 35.0 Å². The number of carbonyl (C=O) groups excluding carboxylic acids is 1. The Morgan fingerprint density at radius 2 is 1.87 bits per heavy atom. The summed E-state index contributed by atoms with van der Waals surface area (Å²) in [7, 11) is 0. The highest BCUT2D eigenvalue weighted by Gasteiger charge is 2.23. The van der Waals surface area contributed by atoms with Crippen LogP contribution in [0.25, 0.3) is 5.57 Å². The van der Waals surface area contributed by atoms with Crippen molar-refractivity contribution in [3.8, 4) is 5.75 Å². The van der Waals surface area contributed by atoms with Gasteiger partial charge in [0.15, 0.2) is 0 Å². The van der Waals surface area contributed by atoms with E-state index in [1.807, 2.05) is 30.3 Å². The fourth-order valence-corrected chi connectivity index (χ4v) is 4.57. The summed E-state index contributed by atoms with van der Waals surface area (Å²) in [5.74, 6) is 0.672. The zero-order valence-electron chi connectivity index (χ0n) is 17.0. The standard InChI is InChI=1S/C23H25Cl2NO3S/c1-3-4-13-29-18-7-5-6-8-19(18)30-20-10-9-17(21(24)22(20)25)16(2)23(27)26-11-14-28-15-12-26/h5-10H,2-4,11-15H2,1H3. The molecule has 1 saturated heterocycles. The SMILES string of the molecule is C=C(C(=O)N1CCOCC1)c1ccc(Sc2ccccc2OCCCC)c(Cl)c1Cl. The van der Waals surface area contributed by atoms with E-state index in [0.29, 0.717) is 54.1 Å². The van der Waals surface area contributed by atoms with Crippen molar-refractivity contribution in [3.63, 3.8) is 0 Å². The fraction of sp³-hybridized carbons (Fsp3) is 0.348. The second kappa shape index (κ2) is 11.1. The number of rotatable bonds is 8. The van der Waals surface area contributed by atoms with E-state index in [4.69, 9.17) is 32.7 Å². The molecule has 0 aliphatic carbocycles. The van der Waals surface area contributed by atoms with E-state index in [2.05, 4.69) is 13.5 Å². The van der Waals surface area contributed by atoms with Crippen LogP contribution in [0.2, 0.25) is 10.0 Å². The van der Waals surface area contributed by atoms with Crippen molar-refractivity contribution < 1.29 is 14.3 Å². The van der Waals surface area contributed by atoms with Crippen LogP contribution < -0.4 is 4.74 Å². The molecule has 0 bridgehead atoms. The Kier molecular flexibility index (Phi) is 8.51. The predicted molar refractivity (Wildman–Crippen MR) is 124 cm³/mol. The van der Waals surface area contributed by atoms with Gasteiger partial charge in [-0.2, -0.15) is 0 Å². The van der Waals surface area contributed by atoms with Gasteiger partial charge in [0.2, 0.25) is 0 Å². The molecule has 0 aromatic heterocycles. The minimum Gasteiger partial charge on any atom is -0.492 e. The van der Waals surface area contributed by atoms with Crippen LogP contribution in [0.15, 0.2) is 52.8 Å². The van der Waals surface area contributed by atoms with Crippen LogP contribution in [0.1, 0.15) is 25.3 Å². The topological polar surface area (TPSA) is 38.8 Å². The molecule has 0 atom stereocenters. The Morgan fingerprint density at radius 1 is 1.13 bits per heavy atom. The first kappa shape index (κ1) is 23.0. The lowest BCUT2D eigenvalue weighted by Gasteiger charge is -2.27. The minimum absolute atomic E-state index is 0.147. The third-order valence-electron chi connectivity index (χ3n) is 4.75. The van der Waals surface area contributed by atoms with Gasteiger partial charge in [0.1, 0.15) is 5.75 Å². The van der Waals surface area contributed by atoms with Crippen molar-refractivity contribution in [2.75, 3.05) is 32.9 Å². The molecule has 1 aliphatic rings. The lowest BCUT2D eigenvalue weighted by Crippen LogP contribution is -2.40. The summed E-state index contributed by atoms with van der Waals surface area (Å²) in [5.41, 5.74) is 0.888. The summed E-state index contributed by atoms with van der Waals surface area (Å²) in [6, 6.07) is 11.5. The summed E-state index contributed by atoms with van der Waals surface area (Å²) in [6.45, 7) is 8.93. The van der Waals surface area contributed by atoms with Gasteiger partial charge in [-0.15, -0.1) is 0 Å². The van der Waals surface area contributed by atoms with Crippen molar-refractivity contribution in [1.82, 2.24) is 4.90 Å². The monoisotopic (exact) mass is 465 g/mol. The summed E-state index contributed by atoms with van der Waals surface area (Å²) in [5, 5.41) is 0.733. The van der Waals surface area contributed by atoms with E-state index in [9.17, 15) is 4.79 Å². The highest BCUT2D eigenvalue weighted by molar-refractivity contribution is 7.99. The summed E-state index contributed by atoms with van der Waals surface area (Å²) >= 11 is 14.6. The molecule has 0 radical (unpaired) electrons. The summed E-state index contributed by atoms with van der Waals surface area (Å²) in [6.07, 6.45) is 2.07. The maximum absolute atomic E-state index is 12.8. The first-order chi connectivity index (χ1) is 14.5. The van der Waals surface area contributed by atoms with Gasteiger partial charge in [-0.1, -0.05) is 73.1 Å². The molecule has 160 valence electrons. The van der Waals surface area contributed by atoms with Crippen molar-refractivity contribution in [1.29, 1.82) is 0 Å². The second-order valence-corrected chi connectivity index (χ2v) is 8.71. The average Bonchev–Trinajstić information content (AvgIpc) is 2.78. The van der Waals surface area contributed by atoms with Crippen LogP contribution in [0.4, 0.5) is 0 Å². The Balaban J connectivity index is 1.78. The van der Waals surface area contributed by atoms with Gasteiger partial charge in [-0.05, 0) is 24.6 Å². The molecule has 0 spiro atoms. The number of hydrogen-bond donors (Lipinski definition) is 0. The van der Waals surface area contributed by atoms with Crippen LogP contribution in [0.3, 0.4) is 0 Å². The Hall–Kier alpha value is -1.66. The first-order valence-electron chi connectivity index (χ1n) is 9.97. The molecule has 1 heterocycles. The predicted octanol–water partition coefficient (Wildman–Crippen LogP) is 6.20. The molecule has 0 unspecified atom stereocenters. The number of morpholine rings is 1. The Labute approximate surface area is 192 Å². The minimum atomic E-state index is -0.147. The Morgan fingerprint density at radius 3 is 2.60 bits per heavy atom. The summed E-state index contributed by atoms with van der Waals surface area (Å²) < 4.78 is 11.2. The van der Waals surface area contributed by atoms with E-state index >= 15 is 0 Å². The van der Waals surface area contributed by atoms with Gasteiger partial charge >= 0.3 is 0 Å². The fourth-order valence-electron chi connectivity index (χ4n) is 3.01. The van der Waals surface area contributed by atoms with E-state index in [0.717, 1.165) is 28.4 Å². The third-order valence-corrected chi connectivity index (χ3v) is 6.86. The summed E-state index contributed by atoms with van der Waals surface area (Å²) in [4.78, 5) is 16.2. The number of nitrogens with zero attached hydrogens (tertiary/aromatic N) is 1. The zero-order valence-corrected chi connectivity index (χ0v) is 19.3. The quantitative estimate of drug-likeness (QED) is 0.343. The molecule has 0 N–H and O–H groups in total. The van der Waals surface area contributed by atoms with E-state index in [1.165, 1.54) is 11.8 Å². The Bertz CT molecular complexity index is 913. The molecule has 1 aliphatic heterocycles. The normalized spacial score (nSPS) is 13.9. The van der Waals surface area contributed by atoms with E-state index in [-0.39, 0.29) is 5.91 Å². The molecule has 4 nitrogen and oxygen atoms in total. The number of para-hydroxylation sites is 1. The first-order valence-corrected chi connectivity index (χ1v) is 11.5. The van der Waals surface area contributed by atoms with Crippen LogP contribution in [-0.4, -0.2) is 43.7 Å². The van der Waals surface area contributed by atoms with Crippen molar-refractivity contribution >= 4 is 46.4 Å². The molecule has 7 heteroatoms. The molecule has 0 saturated carbocycles. The van der Waals surface area contributed by atoms with Crippen molar-refractivity contribution in [2.45, 2.75) is 29.6 Å². The van der Waals surface area contributed by atoms with Gasteiger partial charge in [-0.25, -0.2) is 0 Å². The maximum Gasteiger partial charge on any atom is 0.254 e. The van der Waals surface area contributed by atoms with Crippen LogP contribution in [0, 0.1) is 0 Å². The van der Waals surface area contributed by atoms with Gasteiger partial charge in [-0.3, -0.25) is 4.79 Å². The molecule has 3 rings (SSSR count). The number of amides is 1. The van der Waals surface area contributed by atoms with Gasteiger partial charge < -0.3 is 14.4 Å². The zero-order chi connectivity index (χ0) is 21.5. The lowest BCUT2D eigenvalue weighted by molar-refractivity contribution is -0.128. The smallest absolute Gasteiger partial charge is 0.254 e. The number of hydrogen-bond acceptors (Lipinski definition) is 4. The molecular weight excluding hydrogens is 441 g/mol. The maximum atomic E-state index is 12.8. The van der Waals surface area contributed by atoms with Gasteiger partial charge in [0.25, 0.3) is 5.91 Å².